The zero-order chi connectivity index (χ0) is 42.8. The van der Waals surface area contributed by atoms with Crippen LogP contribution in [0.3, 0.4) is 0 Å². The molecule has 0 fully saturated rings. The van der Waals surface area contributed by atoms with Crippen molar-refractivity contribution in [2.24, 2.45) is 0 Å². The Labute approximate surface area is 352 Å². The van der Waals surface area contributed by atoms with Gasteiger partial charge in [-0.05, 0) is 106 Å². The van der Waals surface area contributed by atoms with E-state index in [2.05, 4.69) is 48.5 Å². The van der Waals surface area contributed by atoms with E-state index in [0.29, 0.717) is 17.9 Å². The van der Waals surface area contributed by atoms with E-state index in [9.17, 15) is 19.2 Å². The van der Waals surface area contributed by atoms with Gasteiger partial charge in [0.1, 0.15) is 48.1 Å². The molecule has 0 bridgehead atoms. The Hall–Kier alpha value is -5.35. The van der Waals surface area contributed by atoms with Crippen LogP contribution in [-0.4, -0.2) is 66.4 Å². The highest BCUT2D eigenvalue weighted by Crippen LogP contribution is 2.56. The van der Waals surface area contributed by atoms with Gasteiger partial charge < -0.3 is 28.4 Å². The summed E-state index contributed by atoms with van der Waals surface area (Å²) < 4.78 is 33.9. The van der Waals surface area contributed by atoms with Crippen molar-refractivity contribution in [1.82, 2.24) is 0 Å². The first kappa shape index (κ1) is 44.7. The number of benzene rings is 4. The number of fused-ring (bicyclic) bond motifs is 3. The minimum Gasteiger partial charge on any atom is -0.490 e. The molecule has 314 valence electrons. The van der Waals surface area contributed by atoms with Crippen molar-refractivity contribution in [2.75, 3.05) is 19.1 Å². The van der Waals surface area contributed by atoms with Crippen molar-refractivity contribution in [3.05, 3.63) is 119 Å². The van der Waals surface area contributed by atoms with Gasteiger partial charge in [0, 0.05) is 0 Å². The van der Waals surface area contributed by atoms with Crippen LogP contribution in [0.15, 0.2) is 97.1 Å². The summed E-state index contributed by atoms with van der Waals surface area (Å²) in [6, 6.07) is 32.7. The first-order valence-electron chi connectivity index (χ1n) is 20.1. The molecule has 0 radical (unpaired) electrons. The topological polar surface area (TPSA) is 124 Å². The van der Waals surface area contributed by atoms with Crippen molar-refractivity contribution >= 4 is 35.5 Å². The van der Waals surface area contributed by atoms with Crippen LogP contribution in [0.2, 0.25) is 0 Å². The largest absolute Gasteiger partial charge is 0.490 e. The summed E-state index contributed by atoms with van der Waals surface area (Å²) in [7, 11) is 0. The molecule has 59 heavy (non-hydrogen) atoms. The third-order valence-corrected chi connectivity index (χ3v) is 9.87. The predicted octanol–water partition coefficient (Wildman–Crippen LogP) is 9.52. The normalized spacial score (nSPS) is 13.9. The van der Waals surface area contributed by atoms with Gasteiger partial charge in [-0.25, -0.2) is 0 Å². The molecule has 2 atom stereocenters. The molecule has 0 saturated carbocycles. The van der Waals surface area contributed by atoms with Gasteiger partial charge in [-0.1, -0.05) is 79.7 Å². The summed E-state index contributed by atoms with van der Waals surface area (Å²) in [5.41, 5.74) is 4.65. The van der Waals surface area contributed by atoms with E-state index in [1.807, 2.05) is 55.5 Å². The van der Waals surface area contributed by atoms with E-state index in [-0.39, 0.29) is 44.8 Å². The molecule has 0 aromatic heterocycles. The average Bonchev–Trinajstić information content (AvgIpc) is 3.49. The zero-order valence-electron chi connectivity index (χ0n) is 35.0. The summed E-state index contributed by atoms with van der Waals surface area (Å²) in [4.78, 5) is 49.2. The summed E-state index contributed by atoms with van der Waals surface area (Å²) in [5.74, 6) is -0.742. The lowest BCUT2D eigenvalue weighted by Gasteiger charge is -2.34. The summed E-state index contributed by atoms with van der Waals surface area (Å²) in [6.07, 6.45) is -0.995. The lowest BCUT2D eigenvalue weighted by molar-refractivity contribution is -0.160. The minimum atomic E-state index is -0.716. The highest BCUT2D eigenvalue weighted by molar-refractivity contribution is 6.18. The highest BCUT2D eigenvalue weighted by Gasteiger charge is 2.46. The summed E-state index contributed by atoms with van der Waals surface area (Å²) in [5, 5.41) is 0. The molecule has 2 unspecified atom stereocenters. The van der Waals surface area contributed by atoms with Gasteiger partial charge in [-0.15, -0.1) is 11.6 Å². The fourth-order valence-corrected chi connectivity index (χ4v) is 7.18. The number of carbonyl (C=O) groups excluding carboxylic acids is 4. The quantitative estimate of drug-likeness (QED) is 0.0480. The number of hydrogen-bond donors (Lipinski definition) is 0. The maximum atomic E-state index is 12.5. The summed E-state index contributed by atoms with van der Waals surface area (Å²) >= 11 is 6.14. The van der Waals surface area contributed by atoms with Gasteiger partial charge in [0.2, 0.25) is 0 Å². The van der Waals surface area contributed by atoms with Crippen LogP contribution in [0.25, 0.3) is 11.1 Å². The minimum absolute atomic E-state index is 0.0206. The average molecular weight is 827 g/mol. The Balaban J connectivity index is 1.30. The molecule has 4 aromatic rings. The van der Waals surface area contributed by atoms with E-state index in [1.54, 1.807) is 41.5 Å². The molecule has 11 heteroatoms. The second-order valence-electron chi connectivity index (χ2n) is 16.5. The van der Waals surface area contributed by atoms with Crippen molar-refractivity contribution in [1.29, 1.82) is 0 Å². The number of ether oxygens (including phenoxy) is 6. The molecule has 0 saturated heterocycles. The van der Waals surface area contributed by atoms with Gasteiger partial charge in [0.25, 0.3) is 0 Å². The molecular formula is C48H55ClO10. The van der Waals surface area contributed by atoms with Gasteiger partial charge in [0.15, 0.2) is 0 Å². The molecule has 1 aliphatic carbocycles. The third kappa shape index (κ3) is 11.9. The van der Waals surface area contributed by atoms with Gasteiger partial charge in [-0.2, -0.15) is 0 Å². The van der Waals surface area contributed by atoms with Crippen LogP contribution in [0.5, 0.6) is 11.5 Å². The van der Waals surface area contributed by atoms with E-state index >= 15 is 0 Å². The second-order valence-corrected chi connectivity index (χ2v) is 16.8. The SMILES string of the molecule is CCC(COc1ccc(C2(c3ccc(OCC(CCl)OC(=O)CCC(=O)OC(C)(C)C)cc3)c3ccccc3-c3ccccc32)cc1)OC(=O)CCC(=O)OC(C)(C)C. The Bertz CT molecular complexity index is 1910. The van der Waals surface area contributed by atoms with E-state index < -0.39 is 52.7 Å². The Morgan fingerprint density at radius 2 is 0.915 bits per heavy atom. The van der Waals surface area contributed by atoms with Gasteiger partial charge >= 0.3 is 23.9 Å². The smallest absolute Gasteiger partial charge is 0.306 e. The van der Waals surface area contributed by atoms with Crippen LogP contribution in [0.1, 0.15) is 103 Å². The third-order valence-electron chi connectivity index (χ3n) is 9.53. The molecule has 5 rings (SSSR count). The second kappa shape index (κ2) is 19.6. The molecular weight excluding hydrogens is 772 g/mol. The molecule has 1 aliphatic rings. The Morgan fingerprint density at radius 1 is 0.542 bits per heavy atom. The van der Waals surface area contributed by atoms with Crippen molar-refractivity contribution in [2.45, 2.75) is 109 Å². The van der Waals surface area contributed by atoms with Crippen LogP contribution >= 0.6 is 11.6 Å². The number of esters is 4. The highest BCUT2D eigenvalue weighted by atomic mass is 35.5. The summed E-state index contributed by atoms with van der Waals surface area (Å²) in [6.45, 7) is 12.7. The number of rotatable bonds is 18. The standard InChI is InChI=1S/C48H55ClO10/c1-8-34(56-42(50)25-27-44(52)58-46(2,3)4)30-54-35-21-17-32(18-22-35)48(40-15-11-9-13-38(40)39-14-10-12-16-41(39)48)33-19-23-36(24-20-33)55-31-37(29-49)57-43(51)26-28-45(53)59-47(5,6)7/h9-24,34,37H,8,25-31H2,1-7H3. The lowest BCUT2D eigenvalue weighted by atomic mass is 9.68. The van der Waals surface area contributed by atoms with Gasteiger partial charge in [0.05, 0.1) is 37.0 Å². The molecule has 0 spiro atoms. The van der Waals surface area contributed by atoms with Crippen molar-refractivity contribution < 1.29 is 47.6 Å². The van der Waals surface area contributed by atoms with E-state index in [0.717, 1.165) is 33.4 Å². The first-order valence-corrected chi connectivity index (χ1v) is 20.6. The van der Waals surface area contributed by atoms with Crippen LogP contribution < -0.4 is 9.47 Å². The molecule has 0 heterocycles. The molecule has 10 nitrogen and oxygen atoms in total. The Morgan fingerprint density at radius 3 is 1.31 bits per heavy atom. The first-order chi connectivity index (χ1) is 28.0. The molecule has 0 aliphatic heterocycles. The maximum absolute atomic E-state index is 12.5. The van der Waals surface area contributed by atoms with Crippen molar-refractivity contribution in [3.63, 3.8) is 0 Å². The van der Waals surface area contributed by atoms with Crippen LogP contribution in [-0.2, 0) is 43.5 Å². The van der Waals surface area contributed by atoms with Crippen molar-refractivity contribution in [3.8, 4) is 22.6 Å². The van der Waals surface area contributed by atoms with Gasteiger partial charge in [-0.3, -0.25) is 19.2 Å². The van der Waals surface area contributed by atoms with Crippen LogP contribution in [0.4, 0.5) is 0 Å². The van der Waals surface area contributed by atoms with E-state index in [4.69, 9.17) is 40.0 Å². The number of hydrogen-bond acceptors (Lipinski definition) is 10. The zero-order valence-corrected chi connectivity index (χ0v) is 35.8. The Kier molecular flexibility index (Phi) is 14.9. The maximum Gasteiger partial charge on any atom is 0.306 e. The van der Waals surface area contributed by atoms with E-state index in [1.165, 1.54) is 0 Å². The number of carbonyl (C=O) groups is 4. The monoisotopic (exact) mass is 826 g/mol. The van der Waals surface area contributed by atoms with Crippen LogP contribution in [0, 0.1) is 0 Å². The number of alkyl halides is 1. The fraction of sp³-hybridized carbons (Fsp3) is 0.417. The lowest BCUT2D eigenvalue weighted by Crippen LogP contribution is -2.29. The molecule has 0 N–H and O–H groups in total. The fourth-order valence-electron chi connectivity index (χ4n) is 7.03. The molecule has 4 aromatic carbocycles. The molecule has 0 amide bonds. The predicted molar refractivity (Wildman–Crippen MR) is 226 cm³/mol. The number of halogens is 1.